The SMILES string of the molecule is Cc1ccc([Si](C)(C)c2ccccc2COC2CCCCO2)cc1. The van der Waals surface area contributed by atoms with Crippen molar-refractivity contribution in [2.45, 2.75) is 52.2 Å². The third-order valence-corrected chi connectivity index (χ3v) is 8.64. The number of hydrogen-bond acceptors (Lipinski definition) is 2. The van der Waals surface area contributed by atoms with Gasteiger partial charge in [-0.05, 0) is 36.9 Å². The van der Waals surface area contributed by atoms with Crippen LogP contribution in [0.4, 0.5) is 0 Å². The Labute approximate surface area is 146 Å². The van der Waals surface area contributed by atoms with E-state index in [9.17, 15) is 0 Å². The summed E-state index contributed by atoms with van der Waals surface area (Å²) in [6, 6.07) is 17.8. The molecule has 2 aromatic rings. The average molecular weight is 341 g/mol. The van der Waals surface area contributed by atoms with E-state index >= 15 is 0 Å². The van der Waals surface area contributed by atoms with Gasteiger partial charge in [0.05, 0.1) is 6.61 Å². The van der Waals surface area contributed by atoms with E-state index in [0.717, 1.165) is 19.4 Å². The molecule has 1 unspecified atom stereocenters. The summed E-state index contributed by atoms with van der Waals surface area (Å²) in [6.45, 7) is 8.46. The summed E-state index contributed by atoms with van der Waals surface area (Å²) in [4.78, 5) is 0. The molecule has 0 amide bonds. The lowest BCUT2D eigenvalue weighted by atomic mass is 10.2. The Hall–Kier alpha value is -1.42. The van der Waals surface area contributed by atoms with Gasteiger partial charge in [0.2, 0.25) is 0 Å². The van der Waals surface area contributed by atoms with E-state index in [1.165, 1.54) is 27.9 Å². The highest BCUT2D eigenvalue weighted by atomic mass is 28.3. The average Bonchev–Trinajstić information content (AvgIpc) is 2.61. The molecule has 0 bridgehead atoms. The molecule has 0 radical (unpaired) electrons. The number of aryl methyl sites for hydroxylation is 1. The van der Waals surface area contributed by atoms with Crippen molar-refractivity contribution in [1.82, 2.24) is 0 Å². The zero-order valence-corrected chi connectivity index (χ0v) is 16.0. The molecule has 3 rings (SSSR count). The van der Waals surface area contributed by atoms with E-state index in [2.05, 4.69) is 68.5 Å². The van der Waals surface area contributed by atoms with Gasteiger partial charge in [-0.25, -0.2) is 0 Å². The first-order valence-corrected chi connectivity index (χ1v) is 12.0. The minimum atomic E-state index is -1.73. The quantitative estimate of drug-likeness (QED) is 0.770. The van der Waals surface area contributed by atoms with Crippen molar-refractivity contribution >= 4 is 18.4 Å². The van der Waals surface area contributed by atoms with Gasteiger partial charge in [0.15, 0.2) is 6.29 Å². The molecule has 0 saturated carbocycles. The molecule has 1 fully saturated rings. The van der Waals surface area contributed by atoms with Crippen molar-refractivity contribution in [3.05, 3.63) is 59.7 Å². The fourth-order valence-corrected chi connectivity index (χ4v) is 6.19. The zero-order chi connectivity index (χ0) is 17.0. The van der Waals surface area contributed by atoms with Crippen molar-refractivity contribution < 1.29 is 9.47 Å². The van der Waals surface area contributed by atoms with Crippen LogP contribution in [0.1, 0.15) is 30.4 Å². The molecule has 128 valence electrons. The third-order valence-electron chi connectivity index (χ3n) is 5.03. The molecule has 24 heavy (non-hydrogen) atoms. The predicted molar refractivity (Wildman–Crippen MR) is 103 cm³/mol. The first-order chi connectivity index (χ1) is 11.6. The Morgan fingerprint density at radius 2 is 1.79 bits per heavy atom. The van der Waals surface area contributed by atoms with Crippen molar-refractivity contribution in [3.8, 4) is 0 Å². The molecule has 2 aromatic carbocycles. The van der Waals surface area contributed by atoms with E-state index in [-0.39, 0.29) is 6.29 Å². The fourth-order valence-electron chi connectivity index (χ4n) is 3.41. The van der Waals surface area contributed by atoms with E-state index in [1.807, 2.05) is 0 Å². The van der Waals surface area contributed by atoms with Crippen LogP contribution in [0.3, 0.4) is 0 Å². The maximum absolute atomic E-state index is 6.06. The summed E-state index contributed by atoms with van der Waals surface area (Å²) >= 11 is 0. The van der Waals surface area contributed by atoms with E-state index < -0.39 is 8.07 Å². The summed E-state index contributed by atoms with van der Waals surface area (Å²) < 4.78 is 11.8. The Balaban J connectivity index is 1.80. The van der Waals surface area contributed by atoms with E-state index in [4.69, 9.17) is 9.47 Å². The van der Waals surface area contributed by atoms with Gasteiger partial charge in [-0.1, -0.05) is 72.4 Å². The first-order valence-electron chi connectivity index (χ1n) is 8.96. The van der Waals surface area contributed by atoms with Crippen LogP contribution in [0.15, 0.2) is 48.5 Å². The highest BCUT2D eigenvalue weighted by Gasteiger charge is 2.28. The maximum Gasteiger partial charge on any atom is 0.158 e. The van der Waals surface area contributed by atoms with Crippen LogP contribution in [-0.4, -0.2) is 21.0 Å². The normalized spacial score (nSPS) is 18.5. The molecule has 1 aliphatic rings. The first kappa shape index (κ1) is 17.4. The number of hydrogen-bond donors (Lipinski definition) is 0. The van der Waals surface area contributed by atoms with Gasteiger partial charge in [0.25, 0.3) is 0 Å². The molecule has 0 aliphatic carbocycles. The van der Waals surface area contributed by atoms with Gasteiger partial charge in [-0.3, -0.25) is 0 Å². The number of ether oxygens (including phenoxy) is 2. The smallest absolute Gasteiger partial charge is 0.158 e. The topological polar surface area (TPSA) is 18.5 Å². The lowest BCUT2D eigenvalue weighted by Crippen LogP contribution is -2.54. The van der Waals surface area contributed by atoms with Crippen LogP contribution in [0.2, 0.25) is 13.1 Å². The van der Waals surface area contributed by atoms with E-state index in [0.29, 0.717) is 6.61 Å². The Morgan fingerprint density at radius 1 is 1.04 bits per heavy atom. The second-order valence-corrected chi connectivity index (χ2v) is 11.6. The molecule has 1 atom stereocenters. The van der Waals surface area contributed by atoms with Gasteiger partial charge in [0.1, 0.15) is 8.07 Å². The van der Waals surface area contributed by atoms with Crippen molar-refractivity contribution in [2.75, 3.05) is 6.61 Å². The highest BCUT2D eigenvalue weighted by Crippen LogP contribution is 2.16. The molecule has 1 saturated heterocycles. The van der Waals surface area contributed by atoms with Crippen LogP contribution < -0.4 is 10.4 Å². The van der Waals surface area contributed by atoms with Crippen LogP contribution in [0, 0.1) is 6.92 Å². The maximum atomic E-state index is 6.06. The Kier molecular flexibility index (Phi) is 5.54. The van der Waals surface area contributed by atoms with Crippen LogP contribution in [0.5, 0.6) is 0 Å². The molecule has 1 heterocycles. The zero-order valence-electron chi connectivity index (χ0n) is 15.0. The lowest BCUT2D eigenvalue weighted by Gasteiger charge is -2.28. The van der Waals surface area contributed by atoms with Gasteiger partial charge in [-0.2, -0.15) is 0 Å². The molecule has 3 heteroatoms. The highest BCUT2D eigenvalue weighted by molar-refractivity contribution is 7.00. The molecular weight excluding hydrogens is 312 g/mol. The van der Waals surface area contributed by atoms with Crippen molar-refractivity contribution in [3.63, 3.8) is 0 Å². The summed E-state index contributed by atoms with van der Waals surface area (Å²) in [5, 5.41) is 2.93. The Morgan fingerprint density at radius 3 is 2.50 bits per heavy atom. The summed E-state index contributed by atoms with van der Waals surface area (Å²) in [5.41, 5.74) is 2.62. The lowest BCUT2D eigenvalue weighted by molar-refractivity contribution is -0.168. The predicted octanol–water partition coefficient (Wildman–Crippen LogP) is 3.86. The summed E-state index contributed by atoms with van der Waals surface area (Å²) in [5.74, 6) is 0. The standard InChI is InChI=1S/C21H28O2Si/c1-17-11-13-19(14-12-17)24(2,3)20-9-5-4-8-18(20)16-23-21-10-6-7-15-22-21/h4-5,8-9,11-14,21H,6-7,10,15-16H2,1-3H3. The van der Waals surface area contributed by atoms with Crippen LogP contribution in [-0.2, 0) is 16.1 Å². The molecule has 2 nitrogen and oxygen atoms in total. The summed E-state index contributed by atoms with van der Waals surface area (Å²) in [7, 11) is -1.73. The van der Waals surface area contributed by atoms with Crippen LogP contribution >= 0.6 is 0 Å². The third kappa shape index (κ3) is 3.97. The molecule has 0 spiro atoms. The number of rotatable bonds is 5. The second kappa shape index (κ2) is 7.64. The fraction of sp³-hybridized carbons (Fsp3) is 0.429. The van der Waals surface area contributed by atoms with E-state index in [1.54, 1.807) is 0 Å². The van der Waals surface area contributed by atoms with Gasteiger partial charge in [0, 0.05) is 6.61 Å². The largest absolute Gasteiger partial charge is 0.353 e. The van der Waals surface area contributed by atoms with Crippen molar-refractivity contribution in [2.24, 2.45) is 0 Å². The molecule has 1 aliphatic heterocycles. The minimum absolute atomic E-state index is 0.0315. The van der Waals surface area contributed by atoms with Gasteiger partial charge in [-0.15, -0.1) is 0 Å². The van der Waals surface area contributed by atoms with Gasteiger partial charge >= 0.3 is 0 Å². The number of benzene rings is 2. The monoisotopic (exact) mass is 340 g/mol. The minimum Gasteiger partial charge on any atom is -0.353 e. The molecule has 0 N–H and O–H groups in total. The molecule has 0 aromatic heterocycles. The van der Waals surface area contributed by atoms with Crippen LogP contribution in [0.25, 0.3) is 0 Å². The second-order valence-electron chi connectivity index (χ2n) is 7.26. The molecular formula is C21H28O2Si. The van der Waals surface area contributed by atoms with Crippen molar-refractivity contribution in [1.29, 1.82) is 0 Å². The summed E-state index contributed by atoms with van der Waals surface area (Å²) in [6.07, 6.45) is 3.34. The van der Waals surface area contributed by atoms with Gasteiger partial charge < -0.3 is 9.47 Å². The Bertz CT molecular complexity index is 658.